The molecule has 0 bridgehead atoms. The summed E-state index contributed by atoms with van der Waals surface area (Å²) in [5.74, 6) is 3.58. The van der Waals surface area contributed by atoms with Crippen molar-refractivity contribution in [2.24, 2.45) is 0 Å². The molecule has 0 aliphatic rings. The molecule has 0 aliphatic heterocycles. The Balaban J connectivity index is 1.64. The van der Waals surface area contributed by atoms with E-state index in [1.807, 2.05) is 69.3 Å². The van der Waals surface area contributed by atoms with Crippen molar-refractivity contribution in [3.05, 3.63) is 89.2 Å². The second kappa shape index (κ2) is 10.4. The zero-order chi connectivity index (χ0) is 23.1. The third kappa shape index (κ3) is 6.14. The Morgan fingerprint density at radius 3 is 2.34 bits per heavy atom. The number of anilines is 2. The second-order valence-corrected chi connectivity index (χ2v) is 8.83. The van der Waals surface area contributed by atoms with E-state index in [1.165, 1.54) is 11.6 Å². The van der Waals surface area contributed by atoms with Crippen LogP contribution in [0.25, 0.3) is 0 Å². The third-order valence-corrected chi connectivity index (χ3v) is 5.69. The molecule has 0 saturated carbocycles. The average Bonchev–Trinajstić information content (AvgIpc) is 2.77. The van der Waals surface area contributed by atoms with Crippen LogP contribution in [0.15, 0.2) is 66.7 Å². The molecule has 0 saturated heterocycles. The van der Waals surface area contributed by atoms with Gasteiger partial charge in [-0.3, -0.25) is 0 Å². The minimum Gasteiger partial charge on any atom is -0.491 e. The number of terminal acetylenes is 1. The lowest BCUT2D eigenvalue weighted by molar-refractivity contribution is 0.242. The number of benzene rings is 3. The van der Waals surface area contributed by atoms with Gasteiger partial charge in [-0.2, -0.15) is 0 Å². The van der Waals surface area contributed by atoms with Gasteiger partial charge in [-0.25, -0.2) is 4.39 Å². The van der Waals surface area contributed by atoms with Crippen molar-refractivity contribution >= 4 is 11.4 Å². The molecular formula is C29H32FNO. The van der Waals surface area contributed by atoms with Crippen LogP contribution in [0.4, 0.5) is 15.8 Å². The molecule has 0 spiro atoms. The number of halogens is 1. The molecule has 0 aromatic heterocycles. The van der Waals surface area contributed by atoms with E-state index >= 15 is 0 Å². The molecule has 1 unspecified atom stereocenters. The van der Waals surface area contributed by atoms with Crippen LogP contribution in [0, 0.1) is 25.1 Å². The number of ether oxygens (including phenoxy) is 1. The van der Waals surface area contributed by atoms with E-state index in [0.29, 0.717) is 5.69 Å². The van der Waals surface area contributed by atoms with Crippen LogP contribution in [0.3, 0.4) is 0 Å². The molecule has 2 nitrogen and oxygen atoms in total. The fourth-order valence-electron chi connectivity index (χ4n) is 3.74. The fraction of sp³-hybridized carbons (Fsp3) is 0.310. The normalized spacial score (nSPS) is 12.8. The molecule has 0 radical (unpaired) electrons. The summed E-state index contributed by atoms with van der Waals surface area (Å²) in [4.78, 5) is 0. The maximum atomic E-state index is 14.3. The zero-order valence-electron chi connectivity index (χ0n) is 19.4. The zero-order valence-corrected chi connectivity index (χ0v) is 19.4. The highest BCUT2D eigenvalue weighted by molar-refractivity contribution is 5.61. The first-order chi connectivity index (χ1) is 15.3. The van der Waals surface area contributed by atoms with Gasteiger partial charge < -0.3 is 10.1 Å². The topological polar surface area (TPSA) is 21.3 Å². The van der Waals surface area contributed by atoms with Gasteiger partial charge >= 0.3 is 0 Å². The van der Waals surface area contributed by atoms with Crippen LogP contribution >= 0.6 is 0 Å². The Hall–Kier alpha value is -3.25. The first-order valence-corrected chi connectivity index (χ1v) is 11.2. The van der Waals surface area contributed by atoms with Crippen molar-refractivity contribution in [1.82, 2.24) is 0 Å². The summed E-state index contributed by atoms with van der Waals surface area (Å²) in [6, 6.07) is 21.3. The summed E-state index contributed by atoms with van der Waals surface area (Å²) in [6.07, 6.45) is 8.65. The first kappa shape index (κ1) is 23.4. The van der Waals surface area contributed by atoms with Gasteiger partial charge in [-0.15, -0.1) is 6.42 Å². The van der Waals surface area contributed by atoms with Gasteiger partial charge in [-0.05, 0) is 94.5 Å². The predicted octanol–water partition coefficient (Wildman–Crippen LogP) is 7.58. The molecule has 0 fully saturated rings. The molecule has 3 heteroatoms. The Labute approximate surface area is 191 Å². The second-order valence-electron chi connectivity index (χ2n) is 8.83. The van der Waals surface area contributed by atoms with Gasteiger partial charge in [0.1, 0.15) is 11.6 Å². The smallest absolute Gasteiger partial charge is 0.146 e. The van der Waals surface area contributed by atoms with E-state index < -0.39 is 0 Å². The van der Waals surface area contributed by atoms with Crippen molar-refractivity contribution in [1.29, 1.82) is 0 Å². The first-order valence-electron chi connectivity index (χ1n) is 11.2. The van der Waals surface area contributed by atoms with Crippen LogP contribution in [0.1, 0.15) is 50.3 Å². The maximum Gasteiger partial charge on any atom is 0.146 e. The van der Waals surface area contributed by atoms with Gasteiger partial charge in [0.2, 0.25) is 0 Å². The highest BCUT2D eigenvalue weighted by Gasteiger charge is 2.23. The van der Waals surface area contributed by atoms with Crippen molar-refractivity contribution in [3.63, 3.8) is 0 Å². The predicted molar refractivity (Wildman–Crippen MR) is 132 cm³/mol. The lowest BCUT2D eigenvalue weighted by atomic mass is 9.78. The maximum absolute atomic E-state index is 14.3. The molecule has 3 aromatic carbocycles. The molecular weight excluding hydrogens is 397 g/mol. The number of hydrogen-bond donors (Lipinski definition) is 1. The number of aryl methyl sites for hydroxylation is 2. The van der Waals surface area contributed by atoms with Gasteiger partial charge in [0.15, 0.2) is 0 Å². The fourth-order valence-corrected chi connectivity index (χ4v) is 3.74. The van der Waals surface area contributed by atoms with Crippen LogP contribution in [0.2, 0.25) is 0 Å². The molecule has 1 N–H and O–H groups in total. The molecule has 3 aromatic rings. The third-order valence-electron chi connectivity index (χ3n) is 5.69. The molecule has 3 rings (SSSR count). The average molecular weight is 430 g/mol. The highest BCUT2D eigenvalue weighted by atomic mass is 19.1. The van der Waals surface area contributed by atoms with Gasteiger partial charge in [0.25, 0.3) is 0 Å². The van der Waals surface area contributed by atoms with Gasteiger partial charge in [0, 0.05) is 5.69 Å². The quantitative estimate of drug-likeness (QED) is 0.354. The molecule has 0 amide bonds. The molecule has 32 heavy (non-hydrogen) atoms. The summed E-state index contributed by atoms with van der Waals surface area (Å²) in [5, 5.41) is 3.18. The Bertz CT molecular complexity index is 1060. The number of rotatable bonds is 9. The van der Waals surface area contributed by atoms with Crippen LogP contribution in [-0.2, 0) is 11.8 Å². The SMILES string of the molecule is C#CC(C)(CCCc1ccc(F)c(Nc2ccc(C)cc2)c1)c1ccc(OC(C)C)cc1. The van der Waals surface area contributed by atoms with E-state index in [4.69, 9.17) is 11.2 Å². The van der Waals surface area contributed by atoms with E-state index in [2.05, 4.69) is 30.3 Å². The van der Waals surface area contributed by atoms with Crippen molar-refractivity contribution < 1.29 is 9.13 Å². The molecule has 1 atom stereocenters. The van der Waals surface area contributed by atoms with E-state index in [0.717, 1.165) is 41.8 Å². The van der Waals surface area contributed by atoms with Crippen molar-refractivity contribution in [2.75, 3.05) is 5.32 Å². The van der Waals surface area contributed by atoms with Gasteiger partial charge in [0.05, 0.1) is 17.2 Å². The molecule has 0 heterocycles. The van der Waals surface area contributed by atoms with E-state index in [9.17, 15) is 4.39 Å². The number of hydrogen-bond acceptors (Lipinski definition) is 2. The monoisotopic (exact) mass is 429 g/mol. The lowest BCUT2D eigenvalue weighted by Crippen LogP contribution is -2.19. The summed E-state index contributed by atoms with van der Waals surface area (Å²) in [6.45, 7) is 8.15. The summed E-state index contributed by atoms with van der Waals surface area (Å²) in [7, 11) is 0. The number of nitrogens with one attached hydrogen (secondary N) is 1. The standard InChI is InChI=1S/C29H32FNO/c1-6-29(5,24-12-16-26(17-13-24)32-21(2)3)19-7-8-23-11-18-27(30)28(20-23)31-25-14-9-22(4)10-15-25/h1,9-18,20-21,31H,7-8,19H2,2-5H3. The lowest BCUT2D eigenvalue weighted by Gasteiger charge is -2.25. The molecule has 166 valence electrons. The summed E-state index contributed by atoms with van der Waals surface area (Å²) in [5.41, 5.74) is 4.36. The van der Waals surface area contributed by atoms with Gasteiger partial charge in [-0.1, -0.05) is 41.8 Å². The van der Waals surface area contributed by atoms with Crippen LogP contribution < -0.4 is 10.1 Å². The minimum absolute atomic E-state index is 0.140. The van der Waals surface area contributed by atoms with Crippen molar-refractivity contribution in [2.45, 2.75) is 58.5 Å². The van der Waals surface area contributed by atoms with Crippen LogP contribution in [-0.4, -0.2) is 6.10 Å². The highest BCUT2D eigenvalue weighted by Crippen LogP contribution is 2.31. The summed E-state index contributed by atoms with van der Waals surface area (Å²) >= 11 is 0. The Morgan fingerprint density at radius 1 is 1.03 bits per heavy atom. The van der Waals surface area contributed by atoms with E-state index in [-0.39, 0.29) is 17.3 Å². The van der Waals surface area contributed by atoms with Crippen molar-refractivity contribution in [3.8, 4) is 18.1 Å². The Kier molecular flexibility index (Phi) is 7.59. The summed E-state index contributed by atoms with van der Waals surface area (Å²) < 4.78 is 20.1. The Morgan fingerprint density at radius 2 is 1.72 bits per heavy atom. The van der Waals surface area contributed by atoms with Crippen LogP contribution in [0.5, 0.6) is 5.75 Å². The molecule has 0 aliphatic carbocycles. The van der Waals surface area contributed by atoms with E-state index in [1.54, 1.807) is 0 Å². The minimum atomic E-state index is -0.362. The largest absolute Gasteiger partial charge is 0.491 e.